The lowest BCUT2D eigenvalue weighted by Crippen LogP contribution is -2.32. The maximum atomic E-state index is 13.3. The summed E-state index contributed by atoms with van der Waals surface area (Å²) in [5.74, 6) is -0.488. The van der Waals surface area contributed by atoms with Gasteiger partial charge in [0.25, 0.3) is 5.91 Å². The summed E-state index contributed by atoms with van der Waals surface area (Å²) in [7, 11) is -3.50. The van der Waals surface area contributed by atoms with Crippen LogP contribution in [0.3, 0.4) is 0 Å². The molecule has 1 saturated heterocycles. The summed E-state index contributed by atoms with van der Waals surface area (Å²) in [6.45, 7) is 0.829. The zero-order valence-electron chi connectivity index (χ0n) is 18.9. The van der Waals surface area contributed by atoms with Crippen LogP contribution in [0, 0.1) is 0 Å². The highest BCUT2D eigenvalue weighted by Gasteiger charge is 2.29. The number of anilines is 1. The molecule has 3 rings (SSSR count). The topological polar surface area (TPSA) is 113 Å². The van der Waals surface area contributed by atoms with E-state index in [1.54, 1.807) is 12.1 Å². The van der Waals surface area contributed by atoms with Crippen LogP contribution in [0.4, 0.5) is 5.69 Å². The van der Waals surface area contributed by atoms with E-state index in [1.165, 1.54) is 55.8 Å². The molecule has 0 unspecified atom stereocenters. The number of sulfonamides is 2. The molecular weight excluding hydrogens is 466 g/mol. The second kappa shape index (κ2) is 10.2. The zero-order chi connectivity index (χ0) is 24.2. The lowest BCUT2D eigenvalue weighted by Gasteiger charge is -2.21. The van der Waals surface area contributed by atoms with Crippen molar-refractivity contribution in [3.05, 3.63) is 48.0 Å². The highest BCUT2D eigenvalue weighted by Crippen LogP contribution is 2.30. The Hall–Kier alpha value is -2.47. The van der Waals surface area contributed by atoms with Crippen molar-refractivity contribution in [3.63, 3.8) is 0 Å². The number of nitrogens with one attached hydrogen (secondary N) is 1. The third kappa shape index (κ3) is 5.37. The van der Waals surface area contributed by atoms with Crippen LogP contribution < -0.4 is 10.1 Å². The maximum Gasteiger partial charge on any atom is 0.255 e. The minimum absolute atomic E-state index is 0.0609. The average Bonchev–Trinajstić information content (AvgIpc) is 3.09. The van der Waals surface area contributed by atoms with Gasteiger partial charge in [-0.3, -0.25) is 4.79 Å². The monoisotopic (exact) mass is 495 g/mol. The zero-order valence-corrected chi connectivity index (χ0v) is 20.6. The van der Waals surface area contributed by atoms with Crippen molar-refractivity contribution in [1.82, 2.24) is 8.61 Å². The van der Waals surface area contributed by atoms with Crippen molar-refractivity contribution in [2.24, 2.45) is 0 Å². The van der Waals surface area contributed by atoms with Crippen molar-refractivity contribution in [3.8, 4) is 5.75 Å². The maximum absolute atomic E-state index is 13.3. The van der Waals surface area contributed by atoms with E-state index in [2.05, 4.69) is 5.32 Å². The molecule has 0 aromatic heterocycles. The summed E-state index contributed by atoms with van der Waals surface area (Å²) in [6.07, 6.45) is 3.50. The Morgan fingerprint density at radius 2 is 1.58 bits per heavy atom. The molecule has 0 bridgehead atoms. The number of carbonyl (C=O) groups excluding carboxylic acids is 1. The van der Waals surface area contributed by atoms with E-state index in [9.17, 15) is 21.6 Å². The van der Waals surface area contributed by atoms with Gasteiger partial charge in [0.05, 0.1) is 12.8 Å². The normalized spacial score (nSPS) is 15.8. The number of benzene rings is 2. The highest BCUT2D eigenvalue weighted by molar-refractivity contribution is 7.89. The summed E-state index contributed by atoms with van der Waals surface area (Å²) in [6, 6.07) is 10.2. The quantitative estimate of drug-likeness (QED) is 0.632. The van der Waals surface area contributed by atoms with E-state index in [0.29, 0.717) is 13.1 Å². The van der Waals surface area contributed by atoms with Gasteiger partial charge in [0.1, 0.15) is 15.5 Å². The first-order valence-corrected chi connectivity index (χ1v) is 13.5. The number of para-hydroxylation sites is 1. The fourth-order valence-corrected chi connectivity index (χ4v) is 6.37. The van der Waals surface area contributed by atoms with Gasteiger partial charge in [-0.1, -0.05) is 25.0 Å². The van der Waals surface area contributed by atoms with Crippen molar-refractivity contribution in [2.75, 3.05) is 39.6 Å². The van der Waals surface area contributed by atoms with Crippen LogP contribution >= 0.6 is 0 Å². The molecule has 0 saturated carbocycles. The molecule has 2 aromatic carbocycles. The van der Waals surface area contributed by atoms with Gasteiger partial charge < -0.3 is 10.1 Å². The fraction of sp³-hybridized carbons (Fsp3) is 0.409. The number of hydrogen-bond acceptors (Lipinski definition) is 6. The van der Waals surface area contributed by atoms with E-state index in [1.807, 2.05) is 0 Å². The first-order valence-electron chi connectivity index (χ1n) is 10.6. The van der Waals surface area contributed by atoms with Gasteiger partial charge in [0, 0.05) is 32.7 Å². The smallest absolute Gasteiger partial charge is 0.255 e. The van der Waals surface area contributed by atoms with E-state index in [0.717, 1.165) is 30.0 Å². The number of carbonyl (C=O) groups is 1. The first kappa shape index (κ1) is 25.2. The minimum Gasteiger partial charge on any atom is -0.495 e. The standard InChI is InChI=1S/C22H29N3O6S2/c1-24(2)32(27,28)20-11-7-6-10-18(20)23-22(26)17-12-13-19(31-3)21(16-17)33(29,30)25-14-8-4-5-9-15-25/h6-7,10-13,16H,4-5,8-9,14-15H2,1-3H3,(H,23,26). The summed E-state index contributed by atoms with van der Waals surface area (Å²) >= 11 is 0. The second-order valence-corrected chi connectivity index (χ2v) is 11.9. The summed E-state index contributed by atoms with van der Waals surface area (Å²) < 4.78 is 59.7. The van der Waals surface area contributed by atoms with Gasteiger partial charge in [-0.05, 0) is 43.2 Å². The third-order valence-electron chi connectivity index (χ3n) is 5.50. The Morgan fingerprint density at radius 3 is 2.18 bits per heavy atom. The predicted molar refractivity (Wildman–Crippen MR) is 125 cm³/mol. The Labute approximate surface area is 195 Å². The highest BCUT2D eigenvalue weighted by atomic mass is 32.2. The Balaban J connectivity index is 1.97. The van der Waals surface area contributed by atoms with Gasteiger partial charge >= 0.3 is 0 Å². The molecule has 0 aliphatic carbocycles. The van der Waals surface area contributed by atoms with Crippen molar-refractivity contribution in [1.29, 1.82) is 0 Å². The number of rotatable bonds is 7. The van der Waals surface area contributed by atoms with E-state index in [-0.39, 0.29) is 26.8 Å². The predicted octanol–water partition coefficient (Wildman–Crippen LogP) is 2.76. The summed E-state index contributed by atoms with van der Waals surface area (Å²) in [5, 5.41) is 2.60. The first-order chi connectivity index (χ1) is 15.6. The molecule has 2 aromatic rings. The van der Waals surface area contributed by atoms with Gasteiger partial charge in [-0.25, -0.2) is 21.1 Å². The van der Waals surface area contributed by atoms with Crippen LogP contribution in [0.25, 0.3) is 0 Å². The van der Waals surface area contributed by atoms with Crippen molar-refractivity contribution in [2.45, 2.75) is 35.5 Å². The van der Waals surface area contributed by atoms with Crippen molar-refractivity contribution >= 4 is 31.6 Å². The molecule has 1 aliphatic heterocycles. The molecule has 1 aliphatic rings. The lowest BCUT2D eigenvalue weighted by molar-refractivity contribution is 0.102. The molecule has 0 atom stereocenters. The van der Waals surface area contributed by atoms with Gasteiger partial charge in [-0.15, -0.1) is 0 Å². The average molecular weight is 496 g/mol. The number of ether oxygens (including phenoxy) is 1. The van der Waals surface area contributed by atoms with Crippen LogP contribution in [-0.4, -0.2) is 65.6 Å². The van der Waals surface area contributed by atoms with E-state index < -0.39 is 26.0 Å². The SMILES string of the molecule is COc1ccc(C(=O)Nc2ccccc2S(=O)(=O)N(C)C)cc1S(=O)(=O)N1CCCCCC1. The Bertz CT molecular complexity index is 1220. The fourth-order valence-electron chi connectivity index (χ4n) is 3.63. The lowest BCUT2D eigenvalue weighted by atomic mass is 10.2. The number of hydrogen-bond donors (Lipinski definition) is 1. The molecule has 9 nitrogen and oxygen atoms in total. The molecule has 33 heavy (non-hydrogen) atoms. The third-order valence-corrected chi connectivity index (χ3v) is 9.30. The van der Waals surface area contributed by atoms with Crippen LogP contribution in [0.2, 0.25) is 0 Å². The molecule has 1 amide bonds. The number of methoxy groups -OCH3 is 1. The second-order valence-electron chi connectivity index (χ2n) is 7.92. The molecule has 0 spiro atoms. The van der Waals surface area contributed by atoms with Gasteiger partial charge in [-0.2, -0.15) is 4.31 Å². The van der Waals surface area contributed by atoms with E-state index in [4.69, 9.17) is 4.74 Å². The molecule has 1 N–H and O–H groups in total. The summed E-state index contributed by atoms with van der Waals surface area (Å²) in [4.78, 5) is 12.9. The van der Waals surface area contributed by atoms with E-state index >= 15 is 0 Å². The largest absolute Gasteiger partial charge is 0.495 e. The number of amides is 1. The summed E-state index contributed by atoms with van der Waals surface area (Å²) in [5.41, 5.74) is 0.171. The molecule has 1 fully saturated rings. The Kier molecular flexibility index (Phi) is 7.78. The van der Waals surface area contributed by atoms with Crippen molar-refractivity contribution < 1.29 is 26.4 Å². The van der Waals surface area contributed by atoms with Gasteiger partial charge in [0.15, 0.2) is 0 Å². The van der Waals surface area contributed by atoms with Gasteiger partial charge in [0.2, 0.25) is 20.0 Å². The molecular formula is C22H29N3O6S2. The Morgan fingerprint density at radius 1 is 0.939 bits per heavy atom. The van der Waals surface area contributed by atoms with Crippen LogP contribution in [0.5, 0.6) is 5.75 Å². The minimum atomic E-state index is -3.87. The number of nitrogens with zero attached hydrogens (tertiary/aromatic N) is 2. The molecule has 11 heteroatoms. The molecule has 180 valence electrons. The van der Waals surface area contributed by atoms with Crippen LogP contribution in [0.15, 0.2) is 52.3 Å². The molecule has 1 heterocycles. The van der Waals surface area contributed by atoms with Crippen LogP contribution in [-0.2, 0) is 20.0 Å². The molecule has 0 radical (unpaired) electrons. The van der Waals surface area contributed by atoms with Crippen LogP contribution in [0.1, 0.15) is 36.0 Å².